The number of rotatable bonds is 9. The summed E-state index contributed by atoms with van der Waals surface area (Å²) in [6.45, 7) is 10.9. The quantitative estimate of drug-likeness (QED) is 0.403. The Kier molecular flexibility index (Phi) is 8.10. The number of hydrogen-bond donors (Lipinski definition) is 0. The predicted octanol–water partition coefficient (Wildman–Crippen LogP) is 4.88. The van der Waals surface area contributed by atoms with Crippen LogP contribution in [0.15, 0.2) is 46.5 Å². The molecule has 0 radical (unpaired) electrons. The van der Waals surface area contributed by atoms with E-state index in [2.05, 4.69) is 53.5 Å². The number of thioether (sulfide) groups is 1. The zero-order valence-electron chi connectivity index (χ0n) is 16.4. The van der Waals surface area contributed by atoms with E-state index >= 15 is 0 Å². The Hall–Kier alpha value is -1.60. The number of halogens is 1. The van der Waals surface area contributed by atoms with Crippen molar-refractivity contribution in [3.63, 3.8) is 0 Å². The molecule has 5 nitrogen and oxygen atoms in total. The zero-order chi connectivity index (χ0) is 20.0. The van der Waals surface area contributed by atoms with E-state index < -0.39 is 0 Å². The zero-order valence-corrected chi connectivity index (χ0v) is 18.8. The number of carbonyl (C=O) groups excluding carboxylic acids is 1. The highest BCUT2D eigenvalue weighted by molar-refractivity contribution is 9.10. The minimum Gasteiger partial charge on any atom is -0.342 e. The molecule has 0 saturated heterocycles. The lowest BCUT2D eigenvalue weighted by atomic mass is 10.0. The lowest BCUT2D eigenvalue weighted by Gasteiger charge is -2.26. The molecule has 0 N–H and O–H groups in total. The van der Waals surface area contributed by atoms with E-state index in [1.807, 2.05) is 46.9 Å². The van der Waals surface area contributed by atoms with Gasteiger partial charge in [-0.3, -0.25) is 9.36 Å². The molecule has 2 aromatic rings. The van der Waals surface area contributed by atoms with Crippen molar-refractivity contribution < 1.29 is 4.79 Å². The monoisotopic (exact) mass is 450 g/mol. The summed E-state index contributed by atoms with van der Waals surface area (Å²) in [4.78, 5) is 14.4. The maximum absolute atomic E-state index is 12.5. The van der Waals surface area contributed by atoms with E-state index in [-0.39, 0.29) is 11.9 Å². The molecule has 0 bridgehead atoms. The second kappa shape index (κ2) is 10.1. The first kappa shape index (κ1) is 21.7. The summed E-state index contributed by atoms with van der Waals surface area (Å²) in [7, 11) is 1.87. The van der Waals surface area contributed by atoms with E-state index in [1.54, 1.807) is 0 Å². The first-order valence-electron chi connectivity index (χ1n) is 9.02. The molecular formula is C20H27BrN4OS. The summed E-state index contributed by atoms with van der Waals surface area (Å²) in [5.41, 5.74) is 0.980. The fourth-order valence-electron chi connectivity index (χ4n) is 2.82. The third-order valence-corrected chi connectivity index (χ3v) is 5.80. The van der Waals surface area contributed by atoms with Crippen LogP contribution in [0.1, 0.15) is 27.2 Å². The first-order chi connectivity index (χ1) is 12.8. The van der Waals surface area contributed by atoms with Crippen molar-refractivity contribution in [1.29, 1.82) is 0 Å². The van der Waals surface area contributed by atoms with Gasteiger partial charge in [-0.05, 0) is 31.4 Å². The van der Waals surface area contributed by atoms with Crippen LogP contribution in [0.3, 0.4) is 0 Å². The Morgan fingerprint density at radius 2 is 1.96 bits per heavy atom. The molecule has 27 heavy (non-hydrogen) atoms. The van der Waals surface area contributed by atoms with Gasteiger partial charge in [-0.1, -0.05) is 59.7 Å². The van der Waals surface area contributed by atoms with E-state index in [0.29, 0.717) is 18.2 Å². The smallest absolute Gasteiger partial charge is 0.233 e. The van der Waals surface area contributed by atoms with E-state index in [4.69, 9.17) is 0 Å². The Morgan fingerprint density at radius 1 is 1.30 bits per heavy atom. The Labute approximate surface area is 174 Å². The van der Waals surface area contributed by atoms with Crippen LogP contribution in [-0.2, 0) is 11.3 Å². The standard InChI is InChI=1S/C20H27BrN4OS/c1-6-11-25-19(16-7-9-17(21)10-8-16)22-23-20(25)27-13-18(26)24(5)15(4)12-14(2)3/h6-10,14-15H,1,11-13H2,2-5H3. The van der Waals surface area contributed by atoms with Gasteiger partial charge in [0.05, 0.1) is 5.75 Å². The average molecular weight is 451 g/mol. The minimum absolute atomic E-state index is 0.103. The minimum atomic E-state index is 0.103. The third kappa shape index (κ3) is 5.94. The van der Waals surface area contributed by atoms with Gasteiger partial charge in [-0.15, -0.1) is 16.8 Å². The SMILES string of the molecule is C=CCn1c(SCC(=O)N(C)C(C)CC(C)C)nnc1-c1ccc(Br)cc1. The van der Waals surface area contributed by atoms with Gasteiger partial charge in [-0.25, -0.2) is 0 Å². The van der Waals surface area contributed by atoms with Gasteiger partial charge in [0.1, 0.15) is 0 Å². The maximum atomic E-state index is 12.5. The van der Waals surface area contributed by atoms with Crippen LogP contribution in [0.2, 0.25) is 0 Å². The lowest BCUT2D eigenvalue weighted by Crippen LogP contribution is -2.37. The molecule has 1 amide bonds. The van der Waals surface area contributed by atoms with Gasteiger partial charge < -0.3 is 4.90 Å². The van der Waals surface area contributed by atoms with Crippen LogP contribution in [0.25, 0.3) is 11.4 Å². The van der Waals surface area contributed by atoms with Crippen LogP contribution in [0.4, 0.5) is 0 Å². The van der Waals surface area contributed by atoms with Crippen LogP contribution < -0.4 is 0 Å². The van der Waals surface area contributed by atoms with Gasteiger partial charge in [0.2, 0.25) is 5.91 Å². The summed E-state index contributed by atoms with van der Waals surface area (Å²) < 4.78 is 3.01. The number of nitrogens with zero attached hydrogens (tertiary/aromatic N) is 4. The molecule has 1 atom stereocenters. The molecule has 0 aliphatic carbocycles. The molecule has 0 spiro atoms. The van der Waals surface area contributed by atoms with Crippen LogP contribution in [-0.4, -0.2) is 44.4 Å². The highest BCUT2D eigenvalue weighted by Crippen LogP contribution is 2.25. The highest BCUT2D eigenvalue weighted by Gasteiger charge is 2.19. The summed E-state index contributed by atoms with van der Waals surface area (Å²) in [6, 6.07) is 8.17. The fraction of sp³-hybridized carbons (Fsp3) is 0.450. The Morgan fingerprint density at radius 3 is 2.56 bits per heavy atom. The second-order valence-corrected chi connectivity index (χ2v) is 8.84. The van der Waals surface area contributed by atoms with Crippen LogP contribution in [0, 0.1) is 5.92 Å². The van der Waals surface area contributed by atoms with Crippen molar-refractivity contribution in [1.82, 2.24) is 19.7 Å². The van der Waals surface area contributed by atoms with Crippen molar-refractivity contribution in [2.75, 3.05) is 12.8 Å². The number of benzene rings is 1. The van der Waals surface area contributed by atoms with Crippen molar-refractivity contribution in [3.05, 3.63) is 41.4 Å². The van der Waals surface area contributed by atoms with Crippen molar-refractivity contribution >= 4 is 33.6 Å². The lowest BCUT2D eigenvalue weighted by molar-refractivity contribution is -0.129. The topological polar surface area (TPSA) is 51.0 Å². The predicted molar refractivity (Wildman–Crippen MR) is 116 cm³/mol. The Balaban J connectivity index is 2.11. The highest BCUT2D eigenvalue weighted by atomic mass is 79.9. The van der Waals surface area contributed by atoms with Crippen LogP contribution in [0.5, 0.6) is 0 Å². The number of hydrogen-bond acceptors (Lipinski definition) is 4. The molecule has 0 fully saturated rings. The molecule has 7 heteroatoms. The summed E-state index contributed by atoms with van der Waals surface area (Å²) in [5.74, 6) is 1.78. The van der Waals surface area contributed by atoms with E-state index in [0.717, 1.165) is 27.4 Å². The maximum Gasteiger partial charge on any atom is 0.233 e. The normalized spacial score (nSPS) is 12.2. The fourth-order valence-corrected chi connectivity index (χ4v) is 3.95. The molecule has 1 aromatic carbocycles. The molecule has 1 unspecified atom stereocenters. The summed E-state index contributed by atoms with van der Waals surface area (Å²) in [6.07, 6.45) is 2.81. The number of aromatic nitrogens is 3. The summed E-state index contributed by atoms with van der Waals surface area (Å²) in [5, 5.41) is 9.37. The molecule has 0 aliphatic rings. The van der Waals surface area contributed by atoms with E-state index in [1.165, 1.54) is 11.8 Å². The van der Waals surface area contributed by atoms with Crippen molar-refractivity contribution in [3.8, 4) is 11.4 Å². The molecule has 146 valence electrons. The van der Waals surface area contributed by atoms with Crippen LogP contribution >= 0.6 is 27.7 Å². The molecule has 1 aromatic heterocycles. The molecular weight excluding hydrogens is 424 g/mol. The first-order valence-corrected chi connectivity index (χ1v) is 10.8. The molecule has 1 heterocycles. The number of carbonyl (C=O) groups is 1. The van der Waals surface area contributed by atoms with Crippen molar-refractivity contribution in [2.24, 2.45) is 5.92 Å². The Bertz CT molecular complexity index is 773. The largest absolute Gasteiger partial charge is 0.342 e. The van der Waals surface area contributed by atoms with Gasteiger partial charge >= 0.3 is 0 Å². The molecule has 2 rings (SSSR count). The average Bonchev–Trinajstić information content (AvgIpc) is 3.02. The van der Waals surface area contributed by atoms with Gasteiger partial charge in [0, 0.05) is 29.7 Å². The summed E-state index contributed by atoms with van der Waals surface area (Å²) >= 11 is 4.87. The molecule has 0 aliphatic heterocycles. The van der Waals surface area contributed by atoms with Crippen molar-refractivity contribution in [2.45, 2.75) is 44.9 Å². The van der Waals surface area contributed by atoms with Gasteiger partial charge in [-0.2, -0.15) is 0 Å². The molecule has 0 saturated carbocycles. The number of allylic oxidation sites excluding steroid dienone is 1. The third-order valence-electron chi connectivity index (χ3n) is 4.32. The van der Waals surface area contributed by atoms with Gasteiger partial charge in [0.15, 0.2) is 11.0 Å². The second-order valence-electron chi connectivity index (χ2n) is 6.98. The number of amides is 1. The van der Waals surface area contributed by atoms with E-state index in [9.17, 15) is 4.79 Å². The van der Waals surface area contributed by atoms with Gasteiger partial charge in [0.25, 0.3) is 0 Å².